The minimum Gasteiger partial charge on any atom is -0.483 e. The standard InChI is InChI=1S/C24H24N2O2.ClH/c1-13-7-8-14-11-18-24(27)12-16-15-5-3-4-6-17(15)25-20(16)22-23(24,9-10-26(18)2)19(14)21(13)28-22;/h3-8,18,22,25,27H,9-12H2,1-2H3;1H/t18-,22-,23-,24+;/m0./s1. The molecular formula is C24H25ClN2O2. The predicted octanol–water partition coefficient (Wildman–Crippen LogP) is 3.82. The van der Waals surface area contributed by atoms with Gasteiger partial charge in [0.25, 0.3) is 0 Å². The zero-order chi connectivity index (χ0) is 18.8. The van der Waals surface area contributed by atoms with Gasteiger partial charge < -0.3 is 19.7 Å². The van der Waals surface area contributed by atoms with E-state index in [1.165, 1.54) is 33.3 Å². The lowest BCUT2D eigenvalue weighted by Gasteiger charge is -2.62. The maximum atomic E-state index is 12.5. The number of aryl methyl sites for hydroxylation is 1. The molecule has 5 heteroatoms. The molecule has 2 aliphatic heterocycles. The fourth-order valence-corrected chi connectivity index (χ4v) is 6.99. The predicted molar refractivity (Wildman–Crippen MR) is 115 cm³/mol. The summed E-state index contributed by atoms with van der Waals surface area (Å²) < 4.78 is 6.76. The Hall–Kier alpha value is -2.01. The molecule has 4 aliphatic rings. The number of nitrogens with zero attached hydrogens (tertiary/aromatic N) is 1. The molecule has 4 nitrogen and oxygen atoms in total. The highest BCUT2D eigenvalue weighted by Gasteiger charge is 2.72. The largest absolute Gasteiger partial charge is 0.483 e. The number of likely N-dealkylation sites (N-methyl/N-ethyl adjacent to an activating group) is 1. The quantitative estimate of drug-likeness (QED) is 0.594. The Morgan fingerprint density at radius 1 is 1.21 bits per heavy atom. The van der Waals surface area contributed by atoms with Gasteiger partial charge >= 0.3 is 0 Å². The molecule has 1 saturated heterocycles. The van der Waals surface area contributed by atoms with E-state index in [4.69, 9.17) is 4.74 Å². The fourth-order valence-electron chi connectivity index (χ4n) is 6.99. The van der Waals surface area contributed by atoms with Gasteiger partial charge in [-0.25, -0.2) is 0 Å². The molecule has 0 amide bonds. The Bertz CT molecular complexity index is 1190. The summed E-state index contributed by atoms with van der Waals surface area (Å²) in [5, 5.41) is 13.7. The summed E-state index contributed by atoms with van der Waals surface area (Å²) in [5.74, 6) is 1.02. The van der Waals surface area contributed by atoms with Crippen LogP contribution in [0.2, 0.25) is 0 Å². The SMILES string of the molecule is Cc1ccc2c3c1O[C@H]1c4[nH]c5ccccc5c4C[C@@]4(O)[C@H](C2)N(C)CC[C@]314.Cl. The normalized spacial score (nSPS) is 33.6. The van der Waals surface area contributed by atoms with Gasteiger partial charge in [0.15, 0.2) is 6.10 Å². The van der Waals surface area contributed by atoms with Crippen molar-refractivity contribution in [3.8, 4) is 5.75 Å². The third kappa shape index (κ3) is 1.77. The Labute approximate surface area is 176 Å². The molecule has 3 aromatic rings. The Balaban J connectivity index is 0.00000165. The Kier molecular flexibility index (Phi) is 3.30. The number of aliphatic hydroxyl groups is 1. The van der Waals surface area contributed by atoms with Gasteiger partial charge in [-0.05, 0) is 56.1 Å². The van der Waals surface area contributed by atoms with Crippen molar-refractivity contribution in [2.45, 2.75) is 49.3 Å². The van der Waals surface area contributed by atoms with E-state index in [-0.39, 0.29) is 30.0 Å². The molecule has 2 N–H and O–H groups in total. The lowest BCUT2D eigenvalue weighted by molar-refractivity contribution is -0.167. The molecule has 3 heterocycles. The van der Waals surface area contributed by atoms with Crippen molar-refractivity contribution >= 4 is 23.3 Å². The van der Waals surface area contributed by atoms with E-state index in [9.17, 15) is 5.11 Å². The number of para-hydroxylation sites is 1. The van der Waals surface area contributed by atoms with E-state index in [0.717, 1.165) is 30.7 Å². The zero-order valence-electron chi connectivity index (χ0n) is 16.7. The van der Waals surface area contributed by atoms with Crippen LogP contribution in [-0.2, 0) is 18.3 Å². The highest BCUT2D eigenvalue weighted by atomic mass is 35.5. The number of rotatable bonds is 0. The molecular weight excluding hydrogens is 384 g/mol. The number of aromatic amines is 1. The first-order valence-electron chi connectivity index (χ1n) is 10.4. The maximum absolute atomic E-state index is 12.5. The van der Waals surface area contributed by atoms with Gasteiger partial charge in [-0.3, -0.25) is 0 Å². The Morgan fingerprint density at radius 3 is 2.90 bits per heavy atom. The van der Waals surface area contributed by atoms with Crippen LogP contribution in [0.15, 0.2) is 36.4 Å². The molecule has 0 unspecified atom stereocenters. The molecule has 29 heavy (non-hydrogen) atoms. The van der Waals surface area contributed by atoms with Crippen LogP contribution in [0.25, 0.3) is 10.9 Å². The molecule has 2 aliphatic carbocycles. The number of halogens is 1. The van der Waals surface area contributed by atoms with E-state index in [2.05, 4.69) is 60.3 Å². The second kappa shape index (κ2) is 5.37. The molecule has 1 fully saturated rings. The van der Waals surface area contributed by atoms with Crippen molar-refractivity contribution < 1.29 is 9.84 Å². The molecule has 0 radical (unpaired) electrons. The highest BCUT2D eigenvalue weighted by Crippen LogP contribution is 2.67. The molecule has 150 valence electrons. The third-order valence-corrected chi connectivity index (χ3v) is 8.25. The van der Waals surface area contributed by atoms with Crippen LogP contribution in [0.1, 0.15) is 40.5 Å². The van der Waals surface area contributed by atoms with Crippen LogP contribution in [0.4, 0.5) is 0 Å². The van der Waals surface area contributed by atoms with E-state index in [1.807, 2.05) is 0 Å². The first kappa shape index (κ1) is 17.8. The highest BCUT2D eigenvalue weighted by molar-refractivity contribution is 5.86. The average molecular weight is 409 g/mol. The molecule has 2 aromatic carbocycles. The minimum atomic E-state index is -0.811. The third-order valence-electron chi connectivity index (χ3n) is 8.25. The van der Waals surface area contributed by atoms with Crippen molar-refractivity contribution in [2.24, 2.45) is 0 Å². The average Bonchev–Trinajstić information content (AvgIpc) is 3.22. The number of ether oxygens (including phenoxy) is 1. The molecule has 2 bridgehead atoms. The summed E-state index contributed by atoms with van der Waals surface area (Å²) in [6.07, 6.45) is 2.37. The van der Waals surface area contributed by atoms with Crippen LogP contribution >= 0.6 is 12.4 Å². The summed E-state index contributed by atoms with van der Waals surface area (Å²) in [4.78, 5) is 6.06. The van der Waals surface area contributed by atoms with Crippen molar-refractivity contribution in [1.29, 1.82) is 0 Å². The number of likely N-dealkylation sites (tertiary alicyclic amines) is 1. The second-order valence-corrected chi connectivity index (χ2v) is 9.33. The monoisotopic (exact) mass is 408 g/mol. The van der Waals surface area contributed by atoms with Crippen LogP contribution in [0.5, 0.6) is 5.75 Å². The summed E-state index contributed by atoms with van der Waals surface area (Å²) in [6.45, 7) is 3.13. The van der Waals surface area contributed by atoms with Gasteiger partial charge in [0.05, 0.1) is 16.7 Å². The Morgan fingerprint density at radius 2 is 2.03 bits per heavy atom. The van der Waals surface area contributed by atoms with Crippen molar-refractivity contribution in [2.75, 3.05) is 13.6 Å². The number of benzene rings is 2. The number of H-pyrrole nitrogens is 1. The van der Waals surface area contributed by atoms with Crippen LogP contribution in [0.3, 0.4) is 0 Å². The van der Waals surface area contributed by atoms with Gasteiger partial charge in [0.1, 0.15) is 5.75 Å². The van der Waals surface area contributed by atoms with Gasteiger partial charge in [-0.1, -0.05) is 30.3 Å². The second-order valence-electron chi connectivity index (χ2n) is 9.33. The lowest BCUT2D eigenvalue weighted by atomic mass is 9.49. The van der Waals surface area contributed by atoms with Gasteiger partial charge in [-0.15, -0.1) is 12.4 Å². The summed E-state index contributed by atoms with van der Waals surface area (Å²) in [6, 6.07) is 13.1. The van der Waals surface area contributed by atoms with Gasteiger partial charge in [-0.2, -0.15) is 0 Å². The van der Waals surface area contributed by atoms with E-state index in [1.54, 1.807) is 0 Å². The van der Waals surface area contributed by atoms with E-state index < -0.39 is 5.60 Å². The van der Waals surface area contributed by atoms with Crippen LogP contribution in [0, 0.1) is 6.92 Å². The van der Waals surface area contributed by atoms with Crippen LogP contribution < -0.4 is 4.74 Å². The van der Waals surface area contributed by atoms with Crippen molar-refractivity contribution in [3.05, 3.63) is 64.3 Å². The molecule has 1 spiro atoms. The van der Waals surface area contributed by atoms with Crippen LogP contribution in [-0.4, -0.2) is 40.2 Å². The van der Waals surface area contributed by atoms with E-state index >= 15 is 0 Å². The number of aromatic nitrogens is 1. The molecule has 1 aromatic heterocycles. The molecule has 0 saturated carbocycles. The number of nitrogens with one attached hydrogen (secondary N) is 1. The lowest BCUT2D eigenvalue weighted by Crippen LogP contribution is -2.73. The van der Waals surface area contributed by atoms with E-state index in [0.29, 0.717) is 6.42 Å². The topological polar surface area (TPSA) is 48.5 Å². The number of fused-ring (bicyclic) bond motifs is 4. The number of piperidine rings is 1. The molecule has 4 atom stereocenters. The minimum absolute atomic E-state index is 0. The first-order valence-corrected chi connectivity index (χ1v) is 10.4. The smallest absolute Gasteiger partial charge is 0.151 e. The summed E-state index contributed by atoms with van der Waals surface area (Å²) in [5.41, 5.74) is 6.25. The number of hydrogen-bond donors (Lipinski definition) is 2. The van der Waals surface area contributed by atoms with Crippen molar-refractivity contribution in [3.63, 3.8) is 0 Å². The van der Waals surface area contributed by atoms with Gasteiger partial charge in [0.2, 0.25) is 0 Å². The van der Waals surface area contributed by atoms with Crippen molar-refractivity contribution in [1.82, 2.24) is 9.88 Å². The zero-order valence-corrected chi connectivity index (χ0v) is 17.5. The fraction of sp³-hybridized carbons (Fsp3) is 0.417. The number of hydrogen-bond acceptors (Lipinski definition) is 3. The maximum Gasteiger partial charge on any atom is 0.151 e. The first-order chi connectivity index (χ1) is 13.5. The van der Waals surface area contributed by atoms with Gasteiger partial charge in [0, 0.05) is 28.9 Å². The summed E-state index contributed by atoms with van der Waals surface area (Å²) in [7, 11) is 2.17. The molecule has 7 rings (SSSR count). The summed E-state index contributed by atoms with van der Waals surface area (Å²) >= 11 is 0.